The van der Waals surface area contributed by atoms with E-state index in [0.717, 1.165) is 42.1 Å². The van der Waals surface area contributed by atoms with Gasteiger partial charge in [-0.2, -0.15) is 0 Å². The van der Waals surface area contributed by atoms with Gasteiger partial charge in [-0.15, -0.1) is 11.3 Å². The summed E-state index contributed by atoms with van der Waals surface area (Å²) in [5.74, 6) is 0.121. The summed E-state index contributed by atoms with van der Waals surface area (Å²) in [7, 11) is 0. The molecule has 1 aliphatic heterocycles. The molecule has 0 spiro atoms. The fraction of sp³-hybridized carbons (Fsp3) is 0.412. The number of piperidine rings is 1. The molecule has 6 heteroatoms. The normalized spacial score (nSPS) is 18.2. The standard InChI is InChI=1S/C17H20ClN3OS/c18-15-7-2-1-6-14(15)17-20-12(11-23-17)9-16(22)21-8-4-3-5-13(21)10-19/h1-2,6-7,11,13H,3-5,8-10,19H2/t13-/m0/s1. The molecule has 3 rings (SSSR count). The van der Waals surface area contributed by atoms with Gasteiger partial charge in [-0.3, -0.25) is 4.79 Å². The van der Waals surface area contributed by atoms with Gasteiger partial charge in [0.25, 0.3) is 0 Å². The predicted molar refractivity (Wildman–Crippen MR) is 94.7 cm³/mol. The molecule has 2 N–H and O–H groups in total. The highest BCUT2D eigenvalue weighted by atomic mass is 35.5. The second-order valence-electron chi connectivity index (χ2n) is 5.77. The molecule has 0 unspecified atom stereocenters. The number of nitrogens with zero attached hydrogens (tertiary/aromatic N) is 2. The zero-order chi connectivity index (χ0) is 16.2. The number of carbonyl (C=O) groups is 1. The lowest BCUT2D eigenvalue weighted by molar-refractivity contribution is -0.133. The van der Waals surface area contributed by atoms with Crippen molar-refractivity contribution in [3.8, 4) is 10.6 Å². The molecule has 23 heavy (non-hydrogen) atoms. The third kappa shape index (κ3) is 3.74. The lowest BCUT2D eigenvalue weighted by atomic mass is 10.0. The van der Waals surface area contributed by atoms with E-state index in [2.05, 4.69) is 4.98 Å². The van der Waals surface area contributed by atoms with E-state index in [4.69, 9.17) is 17.3 Å². The molecule has 0 saturated carbocycles. The summed E-state index contributed by atoms with van der Waals surface area (Å²) in [5, 5.41) is 3.48. The summed E-state index contributed by atoms with van der Waals surface area (Å²) < 4.78 is 0. The van der Waals surface area contributed by atoms with Crippen molar-refractivity contribution in [2.75, 3.05) is 13.1 Å². The Morgan fingerprint density at radius 3 is 3.00 bits per heavy atom. The number of likely N-dealkylation sites (tertiary alicyclic amines) is 1. The lowest BCUT2D eigenvalue weighted by Gasteiger charge is -2.35. The van der Waals surface area contributed by atoms with Crippen LogP contribution in [0.2, 0.25) is 5.02 Å². The first-order valence-corrected chi connectivity index (χ1v) is 9.13. The van der Waals surface area contributed by atoms with Crippen molar-refractivity contribution >= 4 is 28.8 Å². The molecule has 1 saturated heterocycles. The molecule has 122 valence electrons. The van der Waals surface area contributed by atoms with Crippen LogP contribution in [0.3, 0.4) is 0 Å². The van der Waals surface area contributed by atoms with E-state index >= 15 is 0 Å². The summed E-state index contributed by atoms with van der Waals surface area (Å²) in [6.07, 6.45) is 3.55. The molecule has 1 atom stereocenters. The molecule has 0 bridgehead atoms. The van der Waals surface area contributed by atoms with Gasteiger partial charge in [0, 0.05) is 30.1 Å². The van der Waals surface area contributed by atoms with Gasteiger partial charge < -0.3 is 10.6 Å². The van der Waals surface area contributed by atoms with Crippen LogP contribution in [-0.4, -0.2) is 34.9 Å². The minimum atomic E-state index is 0.121. The van der Waals surface area contributed by atoms with Crippen molar-refractivity contribution in [1.29, 1.82) is 0 Å². The minimum Gasteiger partial charge on any atom is -0.338 e. The largest absolute Gasteiger partial charge is 0.338 e. The minimum absolute atomic E-state index is 0.121. The van der Waals surface area contributed by atoms with E-state index in [1.165, 1.54) is 11.3 Å². The van der Waals surface area contributed by atoms with E-state index in [1.54, 1.807) is 0 Å². The Morgan fingerprint density at radius 2 is 2.22 bits per heavy atom. The van der Waals surface area contributed by atoms with Gasteiger partial charge in [0.05, 0.1) is 17.1 Å². The Hall–Kier alpha value is -1.43. The second-order valence-corrected chi connectivity index (χ2v) is 7.04. The Balaban J connectivity index is 1.71. The van der Waals surface area contributed by atoms with Crippen molar-refractivity contribution < 1.29 is 4.79 Å². The maximum absolute atomic E-state index is 12.6. The number of rotatable bonds is 4. The number of amides is 1. The van der Waals surface area contributed by atoms with E-state index in [-0.39, 0.29) is 11.9 Å². The van der Waals surface area contributed by atoms with Gasteiger partial charge in [0.15, 0.2) is 0 Å². The second kappa shape index (κ2) is 7.43. The molecule has 1 aliphatic rings. The van der Waals surface area contributed by atoms with Crippen molar-refractivity contribution in [2.24, 2.45) is 5.73 Å². The molecule has 0 aliphatic carbocycles. The number of aromatic nitrogens is 1. The van der Waals surface area contributed by atoms with Gasteiger partial charge in [0.2, 0.25) is 5.91 Å². The average Bonchev–Trinajstić information content (AvgIpc) is 3.03. The Morgan fingerprint density at radius 1 is 1.39 bits per heavy atom. The van der Waals surface area contributed by atoms with Crippen molar-refractivity contribution in [1.82, 2.24) is 9.88 Å². The SMILES string of the molecule is NC[C@@H]1CCCCN1C(=O)Cc1csc(-c2ccccc2Cl)n1. The number of halogens is 1. The fourth-order valence-electron chi connectivity index (χ4n) is 2.98. The predicted octanol–water partition coefficient (Wildman–Crippen LogP) is 3.35. The van der Waals surface area contributed by atoms with Crippen LogP contribution in [0.4, 0.5) is 0 Å². The summed E-state index contributed by atoms with van der Waals surface area (Å²) >= 11 is 7.73. The van der Waals surface area contributed by atoms with Crippen LogP contribution in [0, 0.1) is 0 Å². The number of nitrogens with two attached hydrogens (primary N) is 1. The topological polar surface area (TPSA) is 59.2 Å². The first kappa shape index (κ1) is 16.4. The zero-order valence-corrected chi connectivity index (χ0v) is 14.4. The first-order chi connectivity index (χ1) is 11.2. The van der Waals surface area contributed by atoms with Crippen LogP contribution >= 0.6 is 22.9 Å². The molecule has 0 radical (unpaired) electrons. The third-order valence-corrected chi connectivity index (χ3v) is 5.46. The van der Waals surface area contributed by atoms with Crippen LogP contribution in [0.5, 0.6) is 0 Å². The lowest BCUT2D eigenvalue weighted by Crippen LogP contribution is -2.48. The van der Waals surface area contributed by atoms with Gasteiger partial charge in [-0.1, -0.05) is 29.8 Å². The van der Waals surface area contributed by atoms with Crippen molar-refractivity contribution in [3.63, 3.8) is 0 Å². The van der Waals surface area contributed by atoms with Gasteiger partial charge in [-0.05, 0) is 25.3 Å². The number of carbonyl (C=O) groups excluding carboxylic acids is 1. The molecule has 1 aromatic carbocycles. The van der Waals surface area contributed by atoms with Crippen molar-refractivity contribution in [3.05, 3.63) is 40.4 Å². The van der Waals surface area contributed by atoms with Crippen LogP contribution in [0.25, 0.3) is 10.6 Å². The summed E-state index contributed by atoms with van der Waals surface area (Å²) in [6, 6.07) is 7.81. The smallest absolute Gasteiger partial charge is 0.228 e. The number of hydrogen-bond acceptors (Lipinski definition) is 4. The molecule has 1 aromatic heterocycles. The van der Waals surface area contributed by atoms with Gasteiger partial charge >= 0.3 is 0 Å². The van der Waals surface area contributed by atoms with E-state index in [0.29, 0.717) is 18.0 Å². The summed E-state index contributed by atoms with van der Waals surface area (Å²) in [5.41, 5.74) is 7.51. The molecule has 2 heterocycles. The van der Waals surface area contributed by atoms with Gasteiger partial charge in [-0.25, -0.2) is 4.98 Å². The Bertz CT molecular complexity index is 688. The molecular formula is C17H20ClN3OS. The monoisotopic (exact) mass is 349 g/mol. The molecular weight excluding hydrogens is 330 g/mol. The molecule has 1 amide bonds. The van der Waals surface area contributed by atoms with Gasteiger partial charge in [0.1, 0.15) is 5.01 Å². The highest BCUT2D eigenvalue weighted by Crippen LogP contribution is 2.30. The summed E-state index contributed by atoms with van der Waals surface area (Å²) in [6.45, 7) is 1.34. The molecule has 1 fully saturated rings. The van der Waals surface area contributed by atoms with Crippen LogP contribution in [-0.2, 0) is 11.2 Å². The van der Waals surface area contributed by atoms with E-state index in [9.17, 15) is 4.79 Å². The van der Waals surface area contributed by atoms with Crippen molar-refractivity contribution in [2.45, 2.75) is 31.7 Å². The summed E-state index contributed by atoms with van der Waals surface area (Å²) in [4.78, 5) is 19.1. The highest BCUT2D eigenvalue weighted by Gasteiger charge is 2.26. The van der Waals surface area contributed by atoms with Crippen LogP contribution in [0.15, 0.2) is 29.6 Å². The maximum atomic E-state index is 12.6. The fourth-order valence-corrected chi connectivity index (χ4v) is 4.12. The number of benzene rings is 1. The average molecular weight is 350 g/mol. The third-order valence-electron chi connectivity index (χ3n) is 4.21. The molecule has 4 nitrogen and oxygen atoms in total. The number of hydrogen-bond donors (Lipinski definition) is 1. The van der Waals surface area contributed by atoms with Crippen LogP contribution in [0.1, 0.15) is 25.0 Å². The maximum Gasteiger partial charge on any atom is 0.228 e. The first-order valence-electron chi connectivity index (χ1n) is 7.88. The quantitative estimate of drug-likeness (QED) is 0.920. The van der Waals surface area contributed by atoms with E-state index < -0.39 is 0 Å². The molecule has 2 aromatic rings. The highest BCUT2D eigenvalue weighted by molar-refractivity contribution is 7.13. The Kier molecular flexibility index (Phi) is 5.30. The van der Waals surface area contributed by atoms with E-state index in [1.807, 2.05) is 34.5 Å². The zero-order valence-electron chi connectivity index (χ0n) is 12.9. The van der Waals surface area contributed by atoms with Crippen LogP contribution < -0.4 is 5.73 Å². The Labute approximate surface area is 145 Å². The number of thiazole rings is 1.